The molecule has 0 fully saturated rings. The molecule has 0 saturated heterocycles. The zero-order chi connectivity index (χ0) is 16.1. The standard InChI is InChI=1S/C14H13BrN2O4S/c1-2-20-12(18)7-21-10-4-3-8(5-9(10)15)6-11-13(19)17-14(16)22-11/h3-6H,2,7H2,1H3,(H2,16,17,19). The Bertz CT molecular complexity index is 673. The molecule has 116 valence electrons. The molecule has 1 heterocycles. The van der Waals surface area contributed by atoms with Gasteiger partial charge in [0.15, 0.2) is 11.8 Å². The number of carbonyl (C=O) groups excluding carboxylic acids is 2. The Morgan fingerprint density at radius 2 is 2.27 bits per heavy atom. The Hall–Kier alpha value is -1.80. The summed E-state index contributed by atoms with van der Waals surface area (Å²) in [5, 5.41) is 0.240. The first-order chi connectivity index (χ1) is 10.5. The number of ether oxygens (including phenoxy) is 2. The largest absolute Gasteiger partial charge is 0.481 e. The van der Waals surface area contributed by atoms with Gasteiger partial charge in [-0.15, -0.1) is 0 Å². The van der Waals surface area contributed by atoms with E-state index in [1.165, 1.54) is 0 Å². The molecule has 1 aromatic carbocycles. The van der Waals surface area contributed by atoms with Crippen LogP contribution in [-0.2, 0) is 14.3 Å². The van der Waals surface area contributed by atoms with Gasteiger partial charge in [-0.2, -0.15) is 4.99 Å². The number of amides is 1. The fourth-order valence-corrected chi connectivity index (χ4v) is 2.83. The van der Waals surface area contributed by atoms with E-state index < -0.39 is 5.97 Å². The van der Waals surface area contributed by atoms with E-state index in [0.717, 1.165) is 17.3 Å². The number of carbonyl (C=O) groups is 2. The third kappa shape index (κ3) is 4.35. The van der Waals surface area contributed by atoms with E-state index in [1.807, 2.05) is 0 Å². The lowest BCUT2D eigenvalue weighted by Gasteiger charge is -2.08. The van der Waals surface area contributed by atoms with Crippen LogP contribution < -0.4 is 10.5 Å². The Balaban J connectivity index is 2.05. The van der Waals surface area contributed by atoms with Crippen LogP contribution >= 0.6 is 27.7 Å². The second kappa shape index (κ2) is 7.46. The summed E-state index contributed by atoms with van der Waals surface area (Å²) in [6.45, 7) is 1.88. The number of amidine groups is 1. The second-order valence-corrected chi connectivity index (χ2v) is 6.07. The van der Waals surface area contributed by atoms with Gasteiger partial charge in [-0.1, -0.05) is 6.07 Å². The number of thioether (sulfide) groups is 1. The number of rotatable bonds is 5. The lowest BCUT2D eigenvalue weighted by Crippen LogP contribution is -2.14. The number of nitrogens with zero attached hydrogens (tertiary/aromatic N) is 1. The average Bonchev–Trinajstić information content (AvgIpc) is 2.76. The van der Waals surface area contributed by atoms with Gasteiger partial charge in [0, 0.05) is 0 Å². The zero-order valence-electron chi connectivity index (χ0n) is 11.7. The molecular weight excluding hydrogens is 372 g/mol. The predicted molar refractivity (Wildman–Crippen MR) is 88.5 cm³/mol. The molecule has 0 radical (unpaired) electrons. The van der Waals surface area contributed by atoms with Gasteiger partial charge in [0.1, 0.15) is 5.75 Å². The third-order valence-corrected chi connectivity index (χ3v) is 3.97. The fourth-order valence-electron chi connectivity index (χ4n) is 1.64. The summed E-state index contributed by atoms with van der Waals surface area (Å²) >= 11 is 4.49. The molecule has 2 N–H and O–H groups in total. The first-order valence-electron chi connectivity index (χ1n) is 6.35. The monoisotopic (exact) mass is 384 g/mol. The predicted octanol–water partition coefficient (Wildman–Crippen LogP) is 2.32. The highest BCUT2D eigenvalue weighted by molar-refractivity contribution is 9.10. The van der Waals surface area contributed by atoms with Crippen molar-refractivity contribution in [1.82, 2.24) is 0 Å². The Kier molecular flexibility index (Phi) is 5.62. The normalized spacial score (nSPS) is 15.8. The third-order valence-electron chi connectivity index (χ3n) is 2.54. The maximum absolute atomic E-state index is 11.5. The Labute approximate surface area is 139 Å². The van der Waals surface area contributed by atoms with Crippen molar-refractivity contribution in [2.45, 2.75) is 6.92 Å². The first-order valence-corrected chi connectivity index (χ1v) is 7.96. The SMILES string of the molecule is CCOC(=O)COc1ccc(C=C2SC(N)=NC2=O)cc1Br. The highest BCUT2D eigenvalue weighted by Crippen LogP contribution is 2.30. The number of aliphatic imine (C=N–C) groups is 1. The van der Waals surface area contributed by atoms with E-state index in [1.54, 1.807) is 31.2 Å². The maximum Gasteiger partial charge on any atom is 0.344 e. The van der Waals surface area contributed by atoms with Crippen LogP contribution in [0.1, 0.15) is 12.5 Å². The quantitative estimate of drug-likeness (QED) is 0.618. The van der Waals surface area contributed by atoms with E-state index >= 15 is 0 Å². The molecule has 6 nitrogen and oxygen atoms in total. The van der Waals surface area contributed by atoms with Gasteiger partial charge in [0.2, 0.25) is 0 Å². The van der Waals surface area contributed by atoms with Crippen LogP contribution in [0.15, 0.2) is 32.6 Å². The van der Waals surface area contributed by atoms with Crippen molar-refractivity contribution in [3.63, 3.8) is 0 Å². The van der Waals surface area contributed by atoms with Crippen molar-refractivity contribution in [3.05, 3.63) is 33.1 Å². The summed E-state index contributed by atoms with van der Waals surface area (Å²) in [4.78, 5) is 26.9. The van der Waals surface area contributed by atoms with Crippen molar-refractivity contribution >= 4 is 50.8 Å². The van der Waals surface area contributed by atoms with Gasteiger partial charge in [0.25, 0.3) is 5.91 Å². The van der Waals surface area contributed by atoms with Crippen molar-refractivity contribution in [2.24, 2.45) is 10.7 Å². The van der Waals surface area contributed by atoms with Crippen LogP contribution in [0.4, 0.5) is 0 Å². The van der Waals surface area contributed by atoms with Crippen LogP contribution in [0.3, 0.4) is 0 Å². The van der Waals surface area contributed by atoms with Crippen molar-refractivity contribution in [3.8, 4) is 5.75 Å². The number of hydrogen-bond acceptors (Lipinski definition) is 6. The Morgan fingerprint density at radius 3 is 2.86 bits per heavy atom. The maximum atomic E-state index is 11.5. The molecule has 1 amide bonds. The van der Waals surface area contributed by atoms with E-state index in [0.29, 0.717) is 21.7 Å². The molecule has 0 bridgehead atoms. The lowest BCUT2D eigenvalue weighted by molar-refractivity contribution is -0.145. The molecule has 22 heavy (non-hydrogen) atoms. The van der Waals surface area contributed by atoms with E-state index in [4.69, 9.17) is 15.2 Å². The van der Waals surface area contributed by atoms with Gasteiger partial charge in [-0.05, 0) is 58.4 Å². The minimum absolute atomic E-state index is 0.161. The van der Waals surface area contributed by atoms with Crippen LogP contribution in [-0.4, -0.2) is 30.3 Å². The topological polar surface area (TPSA) is 91.0 Å². The molecule has 0 aliphatic carbocycles. The summed E-state index contributed by atoms with van der Waals surface area (Å²) in [5.41, 5.74) is 6.28. The highest BCUT2D eigenvalue weighted by atomic mass is 79.9. The molecule has 0 unspecified atom stereocenters. The van der Waals surface area contributed by atoms with Crippen molar-refractivity contribution in [2.75, 3.05) is 13.2 Å². The van der Waals surface area contributed by atoms with Gasteiger partial charge in [-0.25, -0.2) is 4.79 Å². The van der Waals surface area contributed by atoms with Gasteiger partial charge in [0.05, 0.1) is 16.0 Å². The van der Waals surface area contributed by atoms with E-state index in [-0.39, 0.29) is 17.7 Å². The summed E-state index contributed by atoms with van der Waals surface area (Å²) < 4.78 is 10.8. The van der Waals surface area contributed by atoms with Gasteiger partial charge >= 0.3 is 5.97 Å². The minimum atomic E-state index is -0.429. The zero-order valence-corrected chi connectivity index (χ0v) is 14.1. The summed E-state index contributed by atoms with van der Waals surface area (Å²) in [6, 6.07) is 5.24. The number of benzene rings is 1. The summed E-state index contributed by atoms with van der Waals surface area (Å²) in [6.07, 6.45) is 1.69. The number of halogens is 1. The smallest absolute Gasteiger partial charge is 0.344 e. The lowest BCUT2D eigenvalue weighted by atomic mass is 10.2. The first kappa shape index (κ1) is 16.6. The molecule has 0 atom stereocenters. The molecule has 1 aliphatic heterocycles. The molecule has 8 heteroatoms. The van der Waals surface area contributed by atoms with Crippen LogP contribution in [0.25, 0.3) is 6.08 Å². The number of esters is 1. The molecule has 0 aromatic heterocycles. The van der Waals surface area contributed by atoms with Crippen LogP contribution in [0.2, 0.25) is 0 Å². The highest BCUT2D eigenvalue weighted by Gasteiger charge is 2.19. The molecule has 0 saturated carbocycles. The molecule has 1 aliphatic rings. The van der Waals surface area contributed by atoms with E-state index in [9.17, 15) is 9.59 Å². The van der Waals surface area contributed by atoms with Gasteiger partial charge < -0.3 is 15.2 Å². The Morgan fingerprint density at radius 1 is 1.50 bits per heavy atom. The molecular formula is C14H13BrN2O4S. The number of nitrogens with two attached hydrogens (primary N) is 1. The van der Waals surface area contributed by atoms with E-state index in [2.05, 4.69) is 20.9 Å². The average molecular weight is 385 g/mol. The summed E-state index contributed by atoms with van der Waals surface area (Å²) in [7, 11) is 0. The molecule has 0 spiro atoms. The molecule has 1 aromatic rings. The van der Waals surface area contributed by atoms with Crippen molar-refractivity contribution in [1.29, 1.82) is 0 Å². The number of hydrogen-bond donors (Lipinski definition) is 1. The van der Waals surface area contributed by atoms with Gasteiger partial charge in [-0.3, -0.25) is 4.79 Å². The fraction of sp³-hybridized carbons (Fsp3) is 0.214. The molecule has 2 rings (SSSR count). The van der Waals surface area contributed by atoms with Crippen molar-refractivity contribution < 1.29 is 19.1 Å². The van der Waals surface area contributed by atoms with Crippen LogP contribution in [0, 0.1) is 0 Å². The van der Waals surface area contributed by atoms with Crippen LogP contribution in [0.5, 0.6) is 5.75 Å². The summed E-state index contributed by atoms with van der Waals surface area (Å²) in [5.74, 6) is -0.265. The second-order valence-electron chi connectivity index (χ2n) is 4.15. The minimum Gasteiger partial charge on any atom is -0.481 e.